The largest absolute Gasteiger partial charge is 0.465 e. The Kier molecular flexibility index (Phi) is 5.18. The fourth-order valence-electron chi connectivity index (χ4n) is 1.77. The Labute approximate surface area is 121 Å². The molecule has 2 rings (SSSR count). The Morgan fingerprint density at radius 2 is 2.47 bits per heavy atom. The normalized spacial score (nSPS) is 18.0. The highest BCUT2D eigenvalue weighted by Gasteiger charge is 2.39. The van der Waals surface area contributed by atoms with E-state index in [1.165, 1.54) is 11.3 Å². The highest BCUT2D eigenvalue weighted by Crippen LogP contribution is 2.28. The van der Waals surface area contributed by atoms with Crippen LogP contribution >= 0.6 is 23.1 Å². The molecule has 19 heavy (non-hydrogen) atoms. The van der Waals surface area contributed by atoms with Crippen molar-refractivity contribution >= 4 is 29.1 Å². The van der Waals surface area contributed by atoms with E-state index in [-0.39, 0.29) is 5.97 Å². The average molecular weight is 301 g/mol. The van der Waals surface area contributed by atoms with E-state index in [0.29, 0.717) is 12.6 Å². The van der Waals surface area contributed by atoms with Crippen LogP contribution in [-0.2, 0) is 9.53 Å². The van der Waals surface area contributed by atoms with E-state index in [2.05, 4.69) is 15.5 Å². The molecule has 0 aromatic carbocycles. The van der Waals surface area contributed by atoms with Gasteiger partial charge >= 0.3 is 5.97 Å². The molecule has 0 saturated heterocycles. The van der Waals surface area contributed by atoms with E-state index in [4.69, 9.17) is 4.74 Å². The van der Waals surface area contributed by atoms with Crippen LogP contribution in [0.1, 0.15) is 33.1 Å². The molecule has 0 radical (unpaired) electrons. The average Bonchev–Trinajstić information content (AvgIpc) is 3.03. The fraction of sp³-hybridized carbons (Fsp3) is 0.750. The summed E-state index contributed by atoms with van der Waals surface area (Å²) in [5.41, 5.74) is 1.13. The lowest BCUT2D eigenvalue weighted by Crippen LogP contribution is -2.51. The van der Waals surface area contributed by atoms with E-state index in [9.17, 15) is 4.79 Å². The van der Waals surface area contributed by atoms with E-state index in [1.54, 1.807) is 17.3 Å². The van der Waals surface area contributed by atoms with Gasteiger partial charge in [0.1, 0.15) is 11.0 Å². The highest BCUT2D eigenvalue weighted by atomic mass is 32.2. The first-order valence-corrected chi connectivity index (χ1v) is 8.34. The quantitative estimate of drug-likeness (QED) is 0.586. The third kappa shape index (κ3) is 4.43. The van der Waals surface area contributed by atoms with Crippen molar-refractivity contribution in [3.8, 4) is 0 Å². The lowest BCUT2D eigenvalue weighted by molar-refractivity contribution is -0.150. The standard InChI is InChI=1S/C12H19N3O2S2/c1-3-17-10(16)12(2,14-9-4-5-9)6-7-18-11-15-13-8-19-11/h8-9,14H,3-7H2,1-2H3. The summed E-state index contributed by atoms with van der Waals surface area (Å²) in [5.74, 6) is 0.671. The highest BCUT2D eigenvalue weighted by molar-refractivity contribution is 8.00. The number of aromatic nitrogens is 2. The third-order valence-corrected chi connectivity index (χ3v) is 4.86. The van der Waals surface area contributed by atoms with Gasteiger partial charge in [0, 0.05) is 11.8 Å². The molecule has 1 aliphatic rings. The number of nitrogens with zero attached hydrogens (tertiary/aromatic N) is 2. The maximum Gasteiger partial charge on any atom is 0.326 e. The molecule has 0 spiro atoms. The summed E-state index contributed by atoms with van der Waals surface area (Å²) in [4.78, 5) is 12.1. The molecule has 1 unspecified atom stereocenters. The van der Waals surface area contributed by atoms with E-state index in [0.717, 1.165) is 29.4 Å². The van der Waals surface area contributed by atoms with Gasteiger partial charge in [-0.3, -0.25) is 10.1 Å². The zero-order valence-corrected chi connectivity index (χ0v) is 12.9. The summed E-state index contributed by atoms with van der Waals surface area (Å²) >= 11 is 3.16. The topological polar surface area (TPSA) is 64.1 Å². The van der Waals surface area contributed by atoms with Gasteiger partial charge in [-0.1, -0.05) is 23.1 Å². The van der Waals surface area contributed by atoms with Gasteiger partial charge in [0.25, 0.3) is 0 Å². The lowest BCUT2D eigenvalue weighted by Gasteiger charge is -2.28. The number of thioether (sulfide) groups is 1. The number of hydrogen-bond donors (Lipinski definition) is 1. The zero-order chi connectivity index (χ0) is 13.7. The van der Waals surface area contributed by atoms with Crippen molar-refractivity contribution in [1.82, 2.24) is 15.5 Å². The minimum absolute atomic E-state index is 0.153. The smallest absolute Gasteiger partial charge is 0.326 e. The van der Waals surface area contributed by atoms with Gasteiger partial charge in [-0.2, -0.15) is 0 Å². The van der Waals surface area contributed by atoms with Crippen molar-refractivity contribution in [2.24, 2.45) is 0 Å². The van der Waals surface area contributed by atoms with E-state index >= 15 is 0 Å². The molecule has 1 fully saturated rings. The second-order valence-electron chi connectivity index (χ2n) is 4.77. The van der Waals surface area contributed by atoms with Crippen LogP contribution in [0.3, 0.4) is 0 Å². The van der Waals surface area contributed by atoms with Crippen LogP contribution in [-0.4, -0.2) is 40.1 Å². The molecule has 1 aromatic heterocycles. The Morgan fingerprint density at radius 3 is 3.05 bits per heavy atom. The number of nitrogens with one attached hydrogen (secondary N) is 1. The van der Waals surface area contributed by atoms with Crippen LogP contribution in [0.2, 0.25) is 0 Å². The molecule has 0 bridgehead atoms. The molecule has 1 aromatic rings. The molecule has 5 nitrogen and oxygen atoms in total. The Bertz CT molecular complexity index is 409. The summed E-state index contributed by atoms with van der Waals surface area (Å²) in [6.07, 6.45) is 3.03. The SMILES string of the molecule is CCOC(=O)C(C)(CCSc1nncs1)NC1CC1. The van der Waals surface area contributed by atoms with Crippen LogP contribution in [0.15, 0.2) is 9.85 Å². The van der Waals surface area contributed by atoms with Crippen molar-refractivity contribution in [2.75, 3.05) is 12.4 Å². The molecule has 1 atom stereocenters. The lowest BCUT2D eigenvalue weighted by atomic mass is 9.99. The van der Waals surface area contributed by atoms with Gasteiger partial charge < -0.3 is 4.74 Å². The van der Waals surface area contributed by atoms with E-state index < -0.39 is 5.54 Å². The molecule has 1 N–H and O–H groups in total. The van der Waals surface area contributed by atoms with Crippen LogP contribution in [0.4, 0.5) is 0 Å². The predicted octanol–water partition coefficient (Wildman–Crippen LogP) is 2.09. The minimum Gasteiger partial charge on any atom is -0.465 e. The van der Waals surface area contributed by atoms with Crippen LogP contribution < -0.4 is 5.32 Å². The Balaban J connectivity index is 1.86. The second-order valence-corrected chi connectivity index (χ2v) is 6.95. The molecule has 0 amide bonds. The summed E-state index contributed by atoms with van der Waals surface area (Å²) in [6.45, 7) is 4.19. The summed E-state index contributed by atoms with van der Waals surface area (Å²) in [5, 5.41) is 11.2. The van der Waals surface area contributed by atoms with Crippen molar-refractivity contribution in [3.05, 3.63) is 5.51 Å². The maximum atomic E-state index is 12.1. The van der Waals surface area contributed by atoms with Gasteiger partial charge in [0.05, 0.1) is 6.61 Å². The van der Waals surface area contributed by atoms with Crippen LogP contribution in [0.25, 0.3) is 0 Å². The molecule has 0 aliphatic heterocycles. The minimum atomic E-state index is -0.588. The fourth-order valence-corrected chi connectivity index (χ4v) is 3.49. The van der Waals surface area contributed by atoms with Gasteiger partial charge in [-0.05, 0) is 33.1 Å². The van der Waals surface area contributed by atoms with Gasteiger partial charge in [-0.15, -0.1) is 10.2 Å². The number of esters is 1. The second kappa shape index (κ2) is 6.67. The number of ether oxygens (including phenoxy) is 1. The first-order chi connectivity index (χ1) is 9.14. The molecule has 7 heteroatoms. The summed E-state index contributed by atoms with van der Waals surface area (Å²) in [6, 6.07) is 0.473. The molecule has 1 aliphatic carbocycles. The molecular formula is C12H19N3O2S2. The maximum absolute atomic E-state index is 12.1. The first-order valence-electron chi connectivity index (χ1n) is 6.48. The summed E-state index contributed by atoms with van der Waals surface area (Å²) < 4.78 is 6.13. The monoisotopic (exact) mass is 301 g/mol. The molecule has 1 saturated carbocycles. The van der Waals surface area contributed by atoms with Gasteiger partial charge in [-0.25, -0.2) is 0 Å². The zero-order valence-electron chi connectivity index (χ0n) is 11.2. The van der Waals surface area contributed by atoms with Crippen molar-refractivity contribution in [3.63, 3.8) is 0 Å². The first kappa shape index (κ1) is 14.7. The van der Waals surface area contributed by atoms with Gasteiger partial charge in [0.2, 0.25) is 0 Å². The molecular weight excluding hydrogens is 282 g/mol. The van der Waals surface area contributed by atoms with Crippen molar-refractivity contribution < 1.29 is 9.53 Å². The predicted molar refractivity (Wildman–Crippen MR) is 76.4 cm³/mol. The summed E-state index contributed by atoms with van der Waals surface area (Å²) in [7, 11) is 0. The Hall–Kier alpha value is -0.660. The van der Waals surface area contributed by atoms with E-state index in [1.807, 2.05) is 13.8 Å². The number of carbonyl (C=O) groups is 1. The van der Waals surface area contributed by atoms with Crippen molar-refractivity contribution in [2.45, 2.75) is 49.0 Å². The number of carbonyl (C=O) groups excluding carboxylic acids is 1. The molecule has 106 valence electrons. The number of hydrogen-bond acceptors (Lipinski definition) is 7. The number of rotatable bonds is 8. The van der Waals surface area contributed by atoms with Crippen molar-refractivity contribution in [1.29, 1.82) is 0 Å². The molecule has 1 heterocycles. The van der Waals surface area contributed by atoms with Crippen LogP contribution in [0, 0.1) is 0 Å². The Morgan fingerprint density at radius 1 is 1.68 bits per heavy atom. The third-order valence-electron chi connectivity index (χ3n) is 2.99. The van der Waals surface area contributed by atoms with Gasteiger partial charge in [0.15, 0.2) is 4.34 Å². The van der Waals surface area contributed by atoms with Crippen LogP contribution in [0.5, 0.6) is 0 Å².